The summed E-state index contributed by atoms with van der Waals surface area (Å²) in [7, 11) is 1.56. The first-order valence-electron chi connectivity index (χ1n) is 9.91. The molecule has 2 amide bonds. The van der Waals surface area contributed by atoms with Gasteiger partial charge in [-0.05, 0) is 85.6 Å². The van der Waals surface area contributed by atoms with Crippen LogP contribution in [0.5, 0.6) is 5.75 Å². The zero-order valence-electron chi connectivity index (χ0n) is 17.8. The zero-order chi connectivity index (χ0) is 22.8. The van der Waals surface area contributed by atoms with E-state index in [1.807, 2.05) is 44.2 Å². The summed E-state index contributed by atoms with van der Waals surface area (Å²) in [5.41, 5.74) is 3.60. The predicted molar refractivity (Wildman–Crippen MR) is 129 cm³/mol. The maximum absolute atomic E-state index is 13.4. The van der Waals surface area contributed by atoms with Crippen LogP contribution in [-0.4, -0.2) is 18.9 Å². The molecular formula is C25H21ClN2O3S. The molecule has 0 unspecified atom stereocenters. The molecule has 0 saturated carbocycles. The molecule has 1 heterocycles. The van der Waals surface area contributed by atoms with E-state index in [2.05, 4.69) is 5.32 Å². The Labute approximate surface area is 196 Å². The van der Waals surface area contributed by atoms with Crippen LogP contribution in [0, 0.1) is 13.8 Å². The molecule has 0 radical (unpaired) electrons. The fraction of sp³-hybridized carbons (Fsp3) is 0.120. The number of anilines is 2. The van der Waals surface area contributed by atoms with Gasteiger partial charge in [-0.3, -0.25) is 9.59 Å². The van der Waals surface area contributed by atoms with E-state index < -0.39 is 5.91 Å². The van der Waals surface area contributed by atoms with Gasteiger partial charge in [-0.2, -0.15) is 0 Å². The molecule has 0 saturated heterocycles. The van der Waals surface area contributed by atoms with Crippen LogP contribution in [0.4, 0.5) is 11.4 Å². The summed E-state index contributed by atoms with van der Waals surface area (Å²) < 4.78 is 5.19. The Kier molecular flexibility index (Phi) is 6.26. The number of ether oxygens (including phenoxy) is 1. The number of thioether (sulfide) groups is 1. The molecule has 1 aliphatic rings. The van der Waals surface area contributed by atoms with Crippen molar-refractivity contribution in [3.63, 3.8) is 0 Å². The minimum Gasteiger partial charge on any atom is -0.497 e. The molecule has 1 aliphatic heterocycles. The van der Waals surface area contributed by atoms with Gasteiger partial charge in [0.15, 0.2) is 0 Å². The van der Waals surface area contributed by atoms with Crippen LogP contribution >= 0.6 is 23.4 Å². The fourth-order valence-electron chi connectivity index (χ4n) is 3.49. The minimum atomic E-state index is -0.407. The van der Waals surface area contributed by atoms with Crippen molar-refractivity contribution in [2.75, 3.05) is 17.3 Å². The average molecular weight is 465 g/mol. The Bertz CT molecular complexity index is 1200. The van der Waals surface area contributed by atoms with Gasteiger partial charge in [-0.1, -0.05) is 29.4 Å². The monoisotopic (exact) mass is 464 g/mol. The highest BCUT2D eigenvalue weighted by Gasteiger charge is 2.40. The first kappa shape index (κ1) is 22.0. The van der Waals surface area contributed by atoms with E-state index in [1.165, 1.54) is 16.7 Å². The molecule has 3 aromatic rings. The summed E-state index contributed by atoms with van der Waals surface area (Å²) in [6.45, 7) is 3.97. The fourth-order valence-corrected chi connectivity index (χ4v) is 4.54. The summed E-state index contributed by atoms with van der Waals surface area (Å²) in [4.78, 5) is 29.1. The van der Waals surface area contributed by atoms with Crippen molar-refractivity contribution < 1.29 is 14.3 Å². The van der Waals surface area contributed by atoms with Crippen molar-refractivity contribution in [3.05, 3.63) is 93.5 Å². The smallest absolute Gasteiger partial charge is 0.283 e. The summed E-state index contributed by atoms with van der Waals surface area (Å²) in [6, 6.07) is 19.9. The molecule has 5 nitrogen and oxygen atoms in total. The highest BCUT2D eigenvalue weighted by atomic mass is 35.5. The van der Waals surface area contributed by atoms with Crippen molar-refractivity contribution >= 4 is 46.6 Å². The Hall–Kier alpha value is -3.22. The van der Waals surface area contributed by atoms with Gasteiger partial charge in [0.1, 0.15) is 16.4 Å². The van der Waals surface area contributed by atoms with Crippen LogP contribution < -0.4 is 15.0 Å². The first-order valence-corrected chi connectivity index (χ1v) is 11.1. The SMILES string of the molecule is COc1ccc(N2C(=O)C(Nc3cc(C)cc(C)c3)=C(Sc3ccc(Cl)cc3)C2=O)cc1. The second-order valence-electron chi connectivity index (χ2n) is 7.41. The number of aryl methyl sites for hydroxylation is 2. The summed E-state index contributed by atoms with van der Waals surface area (Å²) in [6.07, 6.45) is 0. The Balaban J connectivity index is 1.74. The van der Waals surface area contributed by atoms with Crippen molar-refractivity contribution in [3.8, 4) is 5.75 Å². The van der Waals surface area contributed by atoms with Gasteiger partial charge < -0.3 is 10.1 Å². The number of imide groups is 1. The molecule has 3 aromatic carbocycles. The highest BCUT2D eigenvalue weighted by Crippen LogP contribution is 2.38. The van der Waals surface area contributed by atoms with Crippen molar-refractivity contribution in [1.29, 1.82) is 0 Å². The number of carbonyl (C=O) groups excluding carboxylic acids is 2. The zero-order valence-corrected chi connectivity index (χ0v) is 19.4. The maximum Gasteiger partial charge on any atom is 0.283 e. The van der Waals surface area contributed by atoms with Crippen LogP contribution in [-0.2, 0) is 9.59 Å². The summed E-state index contributed by atoms with van der Waals surface area (Å²) in [5, 5.41) is 3.81. The highest BCUT2D eigenvalue weighted by molar-refractivity contribution is 8.04. The summed E-state index contributed by atoms with van der Waals surface area (Å²) in [5.74, 6) is -0.145. The van der Waals surface area contributed by atoms with Gasteiger partial charge >= 0.3 is 0 Å². The first-order chi connectivity index (χ1) is 15.4. The molecule has 4 rings (SSSR count). The molecule has 0 bridgehead atoms. The van der Waals surface area contributed by atoms with E-state index in [0.29, 0.717) is 21.4 Å². The van der Waals surface area contributed by atoms with Crippen LogP contribution in [0.25, 0.3) is 0 Å². The predicted octanol–water partition coefficient (Wildman–Crippen LogP) is 5.95. The van der Waals surface area contributed by atoms with Crippen LogP contribution in [0.1, 0.15) is 11.1 Å². The number of halogens is 1. The van der Waals surface area contributed by atoms with Crippen molar-refractivity contribution in [1.82, 2.24) is 0 Å². The average Bonchev–Trinajstić information content (AvgIpc) is 2.98. The molecule has 0 aromatic heterocycles. The maximum atomic E-state index is 13.4. The third-order valence-electron chi connectivity index (χ3n) is 4.90. The van der Waals surface area contributed by atoms with Gasteiger partial charge in [0.25, 0.3) is 11.8 Å². The van der Waals surface area contributed by atoms with E-state index in [-0.39, 0.29) is 11.6 Å². The minimum absolute atomic E-state index is 0.246. The molecule has 0 atom stereocenters. The number of rotatable bonds is 6. The molecular weight excluding hydrogens is 444 g/mol. The number of benzene rings is 3. The Morgan fingerprint density at radius 2 is 1.50 bits per heavy atom. The van der Waals surface area contributed by atoms with Gasteiger partial charge in [0.2, 0.25) is 0 Å². The number of carbonyl (C=O) groups is 2. The summed E-state index contributed by atoms with van der Waals surface area (Å²) >= 11 is 7.24. The second kappa shape index (κ2) is 9.10. The third kappa shape index (κ3) is 4.52. The molecule has 162 valence electrons. The van der Waals surface area contributed by atoms with Gasteiger partial charge in [-0.15, -0.1) is 0 Å². The van der Waals surface area contributed by atoms with E-state index in [0.717, 1.165) is 21.7 Å². The van der Waals surface area contributed by atoms with Gasteiger partial charge in [0.05, 0.1) is 12.8 Å². The number of nitrogens with zero attached hydrogens (tertiary/aromatic N) is 1. The van der Waals surface area contributed by atoms with E-state index in [4.69, 9.17) is 16.3 Å². The van der Waals surface area contributed by atoms with Crippen LogP contribution in [0.2, 0.25) is 5.02 Å². The second-order valence-corrected chi connectivity index (χ2v) is 8.93. The number of hydrogen-bond donors (Lipinski definition) is 1. The number of hydrogen-bond acceptors (Lipinski definition) is 5. The molecule has 0 spiro atoms. The van der Waals surface area contributed by atoms with E-state index >= 15 is 0 Å². The lowest BCUT2D eigenvalue weighted by Crippen LogP contribution is -2.32. The van der Waals surface area contributed by atoms with Crippen molar-refractivity contribution in [2.45, 2.75) is 18.7 Å². The Morgan fingerprint density at radius 1 is 0.875 bits per heavy atom. The van der Waals surface area contributed by atoms with Crippen LogP contribution in [0.15, 0.2) is 82.2 Å². The molecule has 32 heavy (non-hydrogen) atoms. The lowest BCUT2D eigenvalue weighted by molar-refractivity contribution is -0.120. The van der Waals surface area contributed by atoms with E-state index in [9.17, 15) is 9.59 Å². The molecule has 1 N–H and O–H groups in total. The largest absolute Gasteiger partial charge is 0.497 e. The normalized spacial score (nSPS) is 13.7. The third-order valence-corrected chi connectivity index (χ3v) is 6.24. The Morgan fingerprint density at radius 3 is 2.09 bits per heavy atom. The lowest BCUT2D eigenvalue weighted by Gasteiger charge is -2.16. The topological polar surface area (TPSA) is 58.6 Å². The number of methoxy groups -OCH3 is 1. The molecule has 0 fully saturated rings. The van der Waals surface area contributed by atoms with Gasteiger partial charge in [0, 0.05) is 15.6 Å². The quantitative estimate of drug-likeness (QED) is 0.456. The number of amides is 2. The molecule has 7 heteroatoms. The van der Waals surface area contributed by atoms with Crippen LogP contribution in [0.3, 0.4) is 0 Å². The molecule has 0 aliphatic carbocycles. The standard InChI is InChI=1S/C25H21ClN2O3S/c1-15-12-16(2)14-18(13-15)27-22-23(32-21-10-4-17(26)5-11-21)25(30)28(24(22)29)19-6-8-20(31-3)9-7-19/h4-14,27H,1-3H3. The van der Waals surface area contributed by atoms with Gasteiger partial charge in [-0.25, -0.2) is 4.90 Å². The van der Waals surface area contributed by atoms with E-state index in [1.54, 1.807) is 43.5 Å². The number of nitrogens with one attached hydrogen (secondary N) is 1. The van der Waals surface area contributed by atoms with Crippen molar-refractivity contribution in [2.24, 2.45) is 0 Å². The lowest BCUT2D eigenvalue weighted by atomic mass is 10.1.